The van der Waals surface area contributed by atoms with Crippen molar-refractivity contribution in [1.29, 1.82) is 0 Å². The van der Waals surface area contributed by atoms with Gasteiger partial charge in [0.2, 0.25) is 0 Å². The zero-order valence-corrected chi connectivity index (χ0v) is 16.0. The highest BCUT2D eigenvalue weighted by atomic mass is 79.9. The van der Waals surface area contributed by atoms with Crippen molar-refractivity contribution in [3.63, 3.8) is 0 Å². The van der Waals surface area contributed by atoms with Gasteiger partial charge in [0.1, 0.15) is 5.75 Å². The molecule has 0 radical (unpaired) electrons. The van der Waals surface area contributed by atoms with E-state index in [1.807, 2.05) is 48.5 Å². The van der Waals surface area contributed by atoms with Gasteiger partial charge in [-0.25, -0.2) is 0 Å². The molecule has 0 heterocycles. The zero-order valence-electron chi connectivity index (χ0n) is 14.4. The summed E-state index contributed by atoms with van der Waals surface area (Å²) >= 11 is 3.51. The van der Waals surface area contributed by atoms with Crippen LogP contribution in [0.4, 0.5) is 0 Å². The Morgan fingerprint density at radius 1 is 1.12 bits per heavy atom. The average molecular weight is 390 g/mol. The number of benzene rings is 2. The minimum atomic E-state index is -0.120. The number of rotatable bonds is 7. The number of ether oxygens (including phenoxy) is 1. The number of carbonyl (C=O) groups is 1. The van der Waals surface area contributed by atoms with Gasteiger partial charge >= 0.3 is 0 Å². The van der Waals surface area contributed by atoms with Crippen LogP contribution in [0, 0.1) is 0 Å². The molecule has 0 unspecified atom stereocenters. The van der Waals surface area contributed by atoms with Gasteiger partial charge in [-0.1, -0.05) is 57.2 Å². The molecule has 3 nitrogen and oxygen atoms in total. The van der Waals surface area contributed by atoms with Gasteiger partial charge in [-0.05, 0) is 51.5 Å². The van der Waals surface area contributed by atoms with Crippen LogP contribution in [0.15, 0.2) is 53.0 Å². The van der Waals surface area contributed by atoms with Crippen LogP contribution in [0.2, 0.25) is 0 Å². The zero-order chi connectivity index (χ0) is 17.5. The fraction of sp³-hybridized carbons (Fsp3) is 0.350. The Labute approximate surface area is 152 Å². The Morgan fingerprint density at radius 3 is 2.42 bits per heavy atom. The van der Waals surface area contributed by atoms with Crippen molar-refractivity contribution < 1.29 is 9.53 Å². The number of halogens is 1. The Kier molecular flexibility index (Phi) is 6.85. The summed E-state index contributed by atoms with van der Waals surface area (Å²) in [7, 11) is 0. The van der Waals surface area contributed by atoms with Crippen molar-refractivity contribution in [3.8, 4) is 5.75 Å². The summed E-state index contributed by atoms with van der Waals surface area (Å²) < 4.78 is 6.53. The fourth-order valence-electron chi connectivity index (χ4n) is 2.48. The first kappa shape index (κ1) is 18.5. The van der Waals surface area contributed by atoms with Crippen LogP contribution in [-0.4, -0.2) is 12.5 Å². The summed E-state index contributed by atoms with van der Waals surface area (Å²) in [6, 6.07) is 16.0. The largest absolute Gasteiger partial charge is 0.483 e. The van der Waals surface area contributed by atoms with Crippen LogP contribution in [0.1, 0.15) is 50.3 Å². The number of hydrogen-bond donors (Lipinski definition) is 1. The Hall–Kier alpha value is -1.81. The molecule has 0 aliphatic carbocycles. The average Bonchev–Trinajstić information content (AvgIpc) is 2.59. The third-order valence-corrected chi connectivity index (χ3v) is 4.55. The van der Waals surface area contributed by atoms with Crippen LogP contribution >= 0.6 is 15.9 Å². The van der Waals surface area contributed by atoms with Crippen molar-refractivity contribution in [2.24, 2.45) is 0 Å². The van der Waals surface area contributed by atoms with Crippen LogP contribution in [0.25, 0.3) is 0 Å². The molecule has 0 aromatic heterocycles. The van der Waals surface area contributed by atoms with Gasteiger partial charge in [0.25, 0.3) is 5.91 Å². The second-order valence-electron chi connectivity index (χ2n) is 6.07. The van der Waals surface area contributed by atoms with Crippen LogP contribution in [-0.2, 0) is 4.79 Å². The van der Waals surface area contributed by atoms with E-state index in [1.54, 1.807) is 0 Å². The topological polar surface area (TPSA) is 38.3 Å². The Bertz CT molecular complexity index is 671. The van der Waals surface area contributed by atoms with Gasteiger partial charge < -0.3 is 10.1 Å². The molecule has 0 saturated heterocycles. The molecule has 0 bridgehead atoms. The first-order valence-electron chi connectivity index (χ1n) is 8.27. The quantitative estimate of drug-likeness (QED) is 0.704. The van der Waals surface area contributed by atoms with Gasteiger partial charge in [-0.2, -0.15) is 0 Å². The molecule has 4 heteroatoms. The minimum Gasteiger partial charge on any atom is -0.483 e. The Morgan fingerprint density at radius 2 is 1.83 bits per heavy atom. The van der Waals surface area contributed by atoms with E-state index in [-0.39, 0.29) is 18.6 Å². The highest BCUT2D eigenvalue weighted by molar-refractivity contribution is 9.10. The van der Waals surface area contributed by atoms with E-state index in [4.69, 9.17) is 4.74 Å². The molecule has 1 N–H and O–H groups in total. The lowest BCUT2D eigenvalue weighted by atomic mass is 10.0. The van der Waals surface area contributed by atoms with Crippen molar-refractivity contribution in [2.75, 3.05) is 6.61 Å². The minimum absolute atomic E-state index is 0.00294. The second kappa shape index (κ2) is 8.88. The molecule has 2 aromatic rings. The summed E-state index contributed by atoms with van der Waals surface area (Å²) in [4.78, 5) is 12.2. The molecule has 2 rings (SSSR count). The second-order valence-corrected chi connectivity index (χ2v) is 6.93. The van der Waals surface area contributed by atoms with Gasteiger partial charge in [0.15, 0.2) is 6.61 Å². The smallest absolute Gasteiger partial charge is 0.258 e. The van der Waals surface area contributed by atoms with Gasteiger partial charge in [-0.3, -0.25) is 4.79 Å². The lowest BCUT2D eigenvalue weighted by Gasteiger charge is -2.18. The predicted octanol–water partition coefficient (Wildman–Crippen LogP) is 5.22. The van der Waals surface area contributed by atoms with E-state index in [9.17, 15) is 4.79 Å². The summed E-state index contributed by atoms with van der Waals surface area (Å²) in [6.45, 7) is 6.34. The lowest BCUT2D eigenvalue weighted by Crippen LogP contribution is -2.32. The predicted molar refractivity (Wildman–Crippen MR) is 101 cm³/mol. The summed E-state index contributed by atoms with van der Waals surface area (Å²) in [6.07, 6.45) is 0.836. The van der Waals surface area contributed by atoms with Crippen LogP contribution in [0.5, 0.6) is 5.75 Å². The molecule has 0 saturated carbocycles. The van der Waals surface area contributed by atoms with Crippen LogP contribution < -0.4 is 10.1 Å². The monoisotopic (exact) mass is 389 g/mol. The molecule has 0 aliphatic heterocycles. The maximum absolute atomic E-state index is 12.2. The van der Waals surface area contributed by atoms with E-state index in [0.29, 0.717) is 11.7 Å². The van der Waals surface area contributed by atoms with E-state index in [1.165, 1.54) is 5.56 Å². The highest BCUT2D eigenvalue weighted by Crippen LogP contribution is 2.28. The summed E-state index contributed by atoms with van der Waals surface area (Å²) in [5.41, 5.74) is 2.34. The van der Waals surface area contributed by atoms with Crippen molar-refractivity contribution in [3.05, 3.63) is 64.1 Å². The van der Waals surface area contributed by atoms with E-state index < -0.39 is 0 Å². The lowest BCUT2D eigenvalue weighted by molar-refractivity contribution is -0.123. The molecule has 24 heavy (non-hydrogen) atoms. The normalized spacial score (nSPS) is 12.0. The van der Waals surface area contributed by atoms with E-state index >= 15 is 0 Å². The van der Waals surface area contributed by atoms with Crippen molar-refractivity contribution >= 4 is 21.8 Å². The van der Waals surface area contributed by atoms with Crippen LogP contribution in [0.3, 0.4) is 0 Å². The molecule has 128 valence electrons. The van der Waals surface area contributed by atoms with Gasteiger partial charge in [0.05, 0.1) is 10.5 Å². The summed E-state index contributed by atoms with van der Waals surface area (Å²) in [5.74, 6) is 1.02. The highest BCUT2D eigenvalue weighted by Gasteiger charge is 2.13. The molecule has 1 amide bonds. The number of hydrogen-bond acceptors (Lipinski definition) is 2. The molecule has 0 spiro atoms. The summed E-state index contributed by atoms with van der Waals surface area (Å²) in [5, 5.41) is 3.02. The van der Waals surface area contributed by atoms with E-state index in [0.717, 1.165) is 16.5 Å². The number of carbonyl (C=O) groups excluding carboxylic acids is 1. The number of amides is 1. The molecule has 1 atom stereocenters. The first-order chi connectivity index (χ1) is 11.5. The number of nitrogens with one attached hydrogen (secondary N) is 1. The van der Waals surface area contributed by atoms with Gasteiger partial charge in [0, 0.05) is 0 Å². The SMILES string of the molecule is CC[C@H](NC(=O)COc1ccc(C(C)C)cc1Br)c1ccccc1. The maximum Gasteiger partial charge on any atom is 0.258 e. The third kappa shape index (κ3) is 5.10. The van der Waals surface area contributed by atoms with Gasteiger partial charge in [-0.15, -0.1) is 0 Å². The fourth-order valence-corrected chi connectivity index (χ4v) is 2.99. The first-order valence-corrected chi connectivity index (χ1v) is 9.07. The maximum atomic E-state index is 12.2. The molecule has 0 fully saturated rings. The molecule has 0 aliphatic rings. The molecular weight excluding hydrogens is 366 g/mol. The third-order valence-electron chi connectivity index (χ3n) is 3.93. The van der Waals surface area contributed by atoms with E-state index in [2.05, 4.69) is 42.0 Å². The van der Waals surface area contributed by atoms with Crippen molar-refractivity contribution in [2.45, 2.75) is 39.2 Å². The Balaban J connectivity index is 1.93. The van der Waals surface area contributed by atoms with Crippen molar-refractivity contribution in [1.82, 2.24) is 5.32 Å². The molecular formula is C20H24BrNO2. The molecule has 2 aromatic carbocycles. The standard InChI is InChI=1S/C20H24BrNO2/c1-4-18(15-8-6-5-7-9-15)22-20(23)13-24-19-11-10-16(14(2)3)12-17(19)21/h5-12,14,18H,4,13H2,1-3H3,(H,22,23)/t18-/m0/s1.